The fraction of sp³-hybridized carbons (Fsp3) is 0.0400. The summed E-state index contributed by atoms with van der Waals surface area (Å²) in [6.07, 6.45) is 4.37. The highest BCUT2D eigenvalue weighted by atomic mass is 15.1. The Morgan fingerprint density at radius 2 is 0.731 bits per heavy atom. The molecule has 52 heavy (non-hydrogen) atoms. The molecular weight excluding hydrogens is 629 g/mol. The minimum Gasteiger partial charge on any atom is -0.310 e. The number of fused-ring (bicyclic) bond motifs is 1. The van der Waals surface area contributed by atoms with Gasteiger partial charge >= 0.3 is 0 Å². The largest absolute Gasteiger partial charge is 0.310 e. The molecule has 0 N–H and O–H groups in total. The third-order valence-electron chi connectivity index (χ3n) is 9.47. The normalized spacial score (nSPS) is 11.2. The molecule has 0 saturated carbocycles. The summed E-state index contributed by atoms with van der Waals surface area (Å²) in [6, 6.07) is 69.5. The van der Waals surface area contributed by atoms with Crippen molar-refractivity contribution < 1.29 is 0 Å². The molecule has 0 bridgehead atoms. The highest BCUT2D eigenvalue weighted by Crippen LogP contribution is 2.38. The molecule has 0 aromatic heterocycles. The lowest BCUT2D eigenvalue weighted by molar-refractivity contribution is 1.25. The molecule has 8 aromatic rings. The lowest BCUT2D eigenvalue weighted by Crippen LogP contribution is -2.10. The maximum atomic E-state index is 2.34. The van der Waals surface area contributed by atoms with Crippen molar-refractivity contribution in [2.45, 2.75) is 13.8 Å². The van der Waals surface area contributed by atoms with Crippen LogP contribution in [0.5, 0.6) is 0 Å². The fourth-order valence-corrected chi connectivity index (χ4v) is 6.96. The molecule has 0 aliphatic carbocycles. The van der Waals surface area contributed by atoms with Gasteiger partial charge in [0.2, 0.25) is 0 Å². The first-order valence-electron chi connectivity index (χ1n) is 17.8. The lowest BCUT2D eigenvalue weighted by Gasteiger charge is -2.26. The van der Waals surface area contributed by atoms with Crippen LogP contribution in [0.25, 0.3) is 34.1 Å². The molecule has 0 unspecified atom stereocenters. The van der Waals surface area contributed by atoms with Gasteiger partial charge in [-0.3, -0.25) is 0 Å². The predicted molar refractivity (Wildman–Crippen MR) is 224 cm³/mol. The molecule has 2 heteroatoms. The summed E-state index contributed by atoms with van der Waals surface area (Å²) < 4.78 is 0. The minimum absolute atomic E-state index is 1.12. The van der Waals surface area contributed by atoms with E-state index in [-0.39, 0.29) is 0 Å². The van der Waals surface area contributed by atoms with Crippen LogP contribution in [0.2, 0.25) is 0 Å². The van der Waals surface area contributed by atoms with Gasteiger partial charge in [0.1, 0.15) is 0 Å². The quantitative estimate of drug-likeness (QED) is 0.141. The van der Waals surface area contributed by atoms with Gasteiger partial charge in [-0.2, -0.15) is 0 Å². The zero-order chi connectivity index (χ0) is 35.3. The molecule has 8 aromatic carbocycles. The molecule has 0 fully saturated rings. The second-order valence-corrected chi connectivity index (χ2v) is 13.3. The zero-order valence-electron chi connectivity index (χ0n) is 29.5. The molecule has 0 amide bonds. The second kappa shape index (κ2) is 14.7. The number of anilines is 6. The summed E-state index contributed by atoms with van der Waals surface area (Å²) in [5.74, 6) is 0. The number of para-hydroxylation sites is 1. The summed E-state index contributed by atoms with van der Waals surface area (Å²) in [5.41, 5.74) is 14.0. The van der Waals surface area contributed by atoms with E-state index in [2.05, 4.69) is 230 Å². The molecule has 0 heterocycles. The molecule has 0 aliphatic rings. The Hall–Kier alpha value is -6.64. The molecule has 0 spiro atoms. The van der Waals surface area contributed by atoms with Crippen molar-refractivity contribution in [2.75, 3.05) is 9.80 Å². The lowest BCUT2D eigenvalue weighted by atomic mass is 10.0. The van der Waals surface area contributed by atoms with Crippen LogP contribution in [0, 0.1) is 13.8 Å². The van der Waals surface area contributed by atoms with E-state index in [1.807, 2.05) is 0 Å². The zero-order valence-corrected chi connectivity index (χ0v) is 29.5. The van der Waals surface area contributed by atoms with E-state index in [0.717, 1.165) is 45.3 Å². The smallest absolute Gasteiger partial charge is 0.0468 e. The van der Waals surface area contributed by atoms with Crippen LogP contribution in [0.1, 0.15) is 22.3 Å². The highest BCUT2D eigenvalue weighted by molar-refractivity contribution is 5.89. The molecule has 0 atom stereocenters. The molecule has 250 valence electrons. The molecule has 0 radical (unpaired) electrons. The Kier molecular flexibility index (Phi) is 9.19. The number of rotatable bonds is 9. The third-order valence-corrected chi connectivity index (χ3v) is 9.47. The van der Waals surface area contributed by atoms with Gasteiger partial charge in [0.25, 0.3) is 0 Å². The Balaban J connectivity index is 1.05. The molecule has 0 saturated heterocycles. The summed E-state index contributed by atoms with van der Waals surface area (Å²) in [6.45, 7) is 4.33. The Morgan fingerprint density at radius 1 is 0.308 bits per heavy atom. The predicted octanol–water partition coefficient (Wildman–Crippen LogP) is 14.2. The number of hydrogen-bond donors (Lipinski definition) is 0. The maximum absolute atomic E-state index is 2.34. The Labute approximate surface area is 307 Å². The van der Waals surface area contributed by atoms with Gasteiger partial charge in [-0.1, -0.05) is 133 Å². The van der Waals surface area contributed by atoms with Crippen LogP contribution in [0.4, 0.5) is 34.1 Å². The summed E-state index contributed by atoms with van der Waals surface area (Å²) in [5, 5.41) is 2.47. The molecule has 8 rings (SSSR count). The monoisotopic (exact) mass is 668 g/mol. The standard InChI is InChI=1S/C50H40N2/c1-37-33-38(2)35-50(34-37)52(48-30-23-43(24-31-48)41-11-5-3-6-12-41)47-28-21-40(22-29-47)18-17-39-19-26-46(27-20-39)51(45-15-7-4-8-16-45)49-32-25-42-13-9-10-14-44(42)36-49/h3-36H,1-2H3/b18-17+. The van der Waals surface area contributed by atoms with Crippen molar-refractivity contribution in [3.63, 3.8) is 0 Å². The number of aryl methyl sites for hydroxylation is 2. The highest BCUT2D eigenvalue weighted by Gasteiger charge is 2.15. The van der Waals surface area contributed by atoms with Crippen LogP contribution in [0.15, 0.2) is 194 Å². The van der Waals surface area contributed by atoms with E-state index in [1.165, 1.54) is 33.0 Å². The summed E-state index contributed by atoms with van der Waals surface area (Å²) >= 11 is 0. The average Bonchev–Trinajstić information content (AvgIpc) is 3.19. The van der Waals surface area contributed by atoms with E-state index < -0.39 is 0 Å². The van der Waals surface area contributed by atoms with E-state index in [4.69, 9.17) is 0 Å². The van der Waals surface area contributed by atoms with Crippen molar-refractivity contribution in [2.24, 2.45) is 0 Å². The van der Waals surface area contributed by atoms with Gasteiger partial charge in [0.05, 0.1) is 0 Å². The van der Waals surface area contributed by atoms with E-state index in [1.54, 1.807) is 0 Å². The van der Waals surface area contributed by atoms with E-state index in [0.29, 0.717) is 0 Å². The Morgan fingerprint density at radius 3 is 1.31 bits per heavy atom. The third kappa shape index (κ3) is 7.14. The van der Waals surface area contributed by atoms with Gasteiger partial charge in [0.15, 0.2) is 0 Å². The first-order chi connectivity index (χ1) is 25.6. The van der Waals surface area contributed by atoms with Crippen molar-refractivity contribution in [3.8, 4) is 11.1 Å². The molecule has 0 aliphatic heterocycles. The van der Waals surface area contributed by atoms with Crippen molar-refractivity contribution in [3.05, 3.63) is 216 Å². The van der Waals surface area contributed by atoms with Crippen LogP contribution >= 0.6 is 0 Å². The minimum atomic E-state index is 1.12. The topological polar surface area (TPSA) is 6.48 Å². The first kappa shape index (κ1) is 32.6. The Bertz CT molecular complexity index is 2430. The number of hydrogen-bond acceptors (Lipinski definition) is 2. The summed E-state index contributed by atoms with van der Waals surface area (Å²) in [4.78, 5) is 4.66. The van der Waals surface area contributed by atoms with Crippen LogP contribution < -0.4 is 9.80 Å². The van der Waals surface area contributed by atoms with Gasteiger partial charge in [-0.15, -0.1) is 0 Å². The van der Waals surface area contributed by atoms with E-state index in [9.17, 15) is 0 Å². The van der Waals surface area contributed by atoms with Crippen molar-refractivity contribution in [1.29, 1.82) is 0 Å². The van der Waals surface area contributed by atoms with Crippen molar-refractivity contribution in [1.82, 2.24) is 0 Å². The van der Waals surface area contributed by atoms with Crippen LogP contribution in [0.3, 0.4) is 0 Å². The maximum Gasteiger partial charge on any atom is 0.0468 e. The van der Waals surface area contributed by atoms with Gasteiger partial charge in [-0.05, 0) is 131 Å². The van der Waals surface area contributed by atoms with Crippen molar-refractivity contribution >= 4 is 57.0 Å². The second-order valence-electron chi connectivity index (χ2n) is 13.3. The van der Waals surface area contributed by atoms with Crippen LogP contribution in [-0.4, -0.2) is 0 Å². The summed E-state index contributed by atoms with van der Waals surface area (Å²) in [7, 11) is 0. The van der Waals surface area contributed by atoms with Gasteiger partial charge in [0, 0.05) is 34.1 Å². The molecule has 2 nitrogen and oxygen atoms in total. The van der Waals surface area contributed by atoms with E-state index >= 15 is 0 Å². The van der Waals surface area contributed by atoms with Gasteiger partial charge < -0.3 is 9.80 Å². The number of nitrogens with zero attached hydrogens (tertiary/aromatic N) is 2. The average molecular weight is 669 g/mol. The number of benzene rings is 8. The van der Waals surface area contributed by atoms with Crippen LogP contribution in [-0.2, 0) is 0 Å². The van der Waals surface area contributed by atoms with Gasteiger partial charge in [-0.25, -0.2) is 0 Å². The molecular formula is C50H40N2. The first-order valence-corrected chi connectivity index (χ1v) is 17.8. The fourth-order valence-electron chi connectivity index (χ4n) is 6.96. The SMILES string of the molecule is Cc1cc(C)cc(N(c2ccc(/C=C/c3ccc(N(c4ccccc4)c4ccc5ccccc5c4)cc3)cc2)c2ccc(-c3ccccc3)cc2)c1.